The first-order valence-electron chi connectivity index (χ1n) is 4.04. The Hall–Kier alpha value is -1.06. The van der Waals surface area contributed by atoms with Gasteiger partial charge in [0.05, 0.1) is 0 Å². The maximum atomic E-state index is 11.1. The van der Waals surface area contributed by atoms with Crippen molar-refractivity contribution < 1.29 is 14.3 Å². The Morgan fingerprint density at radius 3 is 2.25 bits per heavy atom. The molecular weight excluding hydrogens is 158 g/mol. The molecule has 0 aromatic heterocycles. The summed E-state index contributed by atoms with van der Waals surface area (Å²) in [5.41, 5.74) is 0. The predicted molar refractivity (Wildman–Crippen MR) is 42.4 cm³/mol. The number of cyclic esters (lactones) is 1. The number of alkyl carbamates (subject to hydrolysis) is 1. The van der Waals surface area contributed by atoms with E-state index in [2.05, 4.69) is 5.32 Å². The molecule has 0 spiro atoms. The molecule has 1 saturated heterocycles. The van der Waals surface area contributed by atoms with Crippen LogP contribution in [0.1, 0.15) is 20.8 Å². The van der Waals surface area contributed by atoms with Gasteiger partial charge in [-0.05, 0) is 5.92 Å². The minimum atomic E-state index is -0.627. The third-order valence-corrected chi connectivity index (χ3v) is 2.25. The molecule has 2 amide bonds. The number of hydrogen-bond donors (Lipinski definition) is 1. The zero-order chi connectivity index (χ0) is 9.30. The molecule has 1 fully saturated rings. The third-order valence-electron chi connectivity index (χ3n) is 2.25. The van der Waals surface area contributed by atoms with Crippen LogP contribution in [-0.4, -0.2) is 18.1 Å². The van der Waals surface area contributed by atoms with E-state index in [-0.39, 0.29) is 11.8 Å². The number of rotatable bonds is 2. The van der Waals surface area contributed by atoms with Gasteiger partial charge in [0.1, 0.15) is 0 Å². The summed E-state index contributed by atoms with van der Waals surface area (Å²) in [6.45, 7) is 5.88. The lowest BCUT2D eigenvalue weighted by Crippen LogP contribution is -2.31. The zero-order valence-corrected chi connectivity index (χ0v) is 7.46. The van der Waals surface area contributed by atoms with Crippen LogP contribution < -0.4 is 5.32 Å². The summed E-state index contributed by atoms with van der Waals surface area (Å²) >= 11 is 0. The van der Waals surface area contributed by atoms with Gasteiger partial charge in [0.25, 0.3) is 5.91 Å². The van der Waals surface area contributed by atoms with E-state index in [1.54, 1.807) is 0 Å². The number of hydrogen-bond acceptors (Lipinski definition) is 3. The summed E-state index contributed by atoms with van der Waals surface area (Å²) in [5.74, 6) is 0.0734. The van der Waals surface area contributed by atoms with Gasteiger partial charge in [-0.3, -0.25) is 10.1 Å². The van der Waals surface area contributed by atoms with Gasteiger partial charge < -0.3 is 4.74 Å². The van der Waals surface area contributed by atoms with Gasteiger partial charge in [-0.25, -0.2) is 4.79 Å². The van der Waals surface area contributed by atoms with E-state index in [1.165, 1.54) is 0 Å². The minimum Gasteiger partial charge on any atom is -0.435 e. The first-order valence-corrected chi connectivity index (χ1v) is 4.04. The highest BCUT2D eigenvalue weighted by Crippen LogP contribution is 2.20. The molecule has 2 atom stereocenters. The van der Waals surface area contributed by atoms with E-state index < -0.39 is 12.2 Å². The average Bonchev–Trinajstić information content (AvgIpc) is 2.28. The van der Waals surface area contributed by atoms with Crippen LogP contribution in [0.3, 0.4) is 0 Å². The molecule has 1 aliphatic heterocycles. The normalized spacial score (nSPS) is 25.5. The monoisotopic (exact) mass is 171 g/mol. The van der Waals surface area contributed by atoms with E-state index in [0.717, 1.165) is 0 Å². The molecule has 1 unspecified atom stereocenters. The van der Waals surface area contributed by atoms with Crippen molar-refractivity contribution >= 4 is 12.0 Å². The Kier molecular flexibility index (Phi) is 2.35. The number of amides is 2. The maximum absolute atomic E-state index is 11.1. The Bertz CT molecular complexity index is 212. The molecule has 4 nitrogen and oxygen atoms in total. The molecule has 12 heavy (non-hydrogen) atoms. The smallest absolute Gasteiger partial charge is 0.414 e. The van der Waals surface area contributed by atoms with Crippen molar-refractivity contribution in [3.63, 3.8) is 0 Å². The number of carbonyl (C=O) groups excluding carboxylic acids is 2. The van der Waals surface area contributed by atoms with Crippen molar-refractivity contribution in [2.24, 2.45) is 11.8 Å². The molecule has 1 aliphatic rings. The Morgan fingerprint density at radius 1 is 1.33 bits per heavy atom. The van der Waals surface area contributed by atoms with Gasteiger partial charge in [0.15, 0.2) is 6.10 Å². The fourth-order valence-corrected chi connectivity index (χ4v) is 1.07. The Labute approximate surface area is 71.3 Å². The Morgan fingerprint density at radius 2 is 1.92 bits per heavy atom. The van der Waals surface area contributed by atoms with E-state index in [4.69, 9.17) is 4.74 Å². The molecule has 1 heterocycles. The van der Waals surface area contributed by atoms with E-state index in [0.29, 0.717) is 5.92 Å². The molecule has 0 radical (unpaired) electrons. The van der Waals surface area contributed by atoms with Crippen molar-refractivity contribution in [2.45, 2.75) is 26.9 Å². The number of nitrogens with one attached hydrogen (secondary N) is 1. The van der Waals surface area contributed by atoms with E-state index >= 15 is 0 Å². The van der Waals surface area contributed by atoms with Gasteiger partial charge in [-0.2, -0.15) is 0 Å². The topological polar surface area (TPSA) is 55.4 Å². The molecule has 0 aromatic rings. The van der Waals surface area contributed by atoms with Gasteiger partial charge in [-0.1, -0.05) is 20.8 Å². The lowest BCUT2D eigenvalue weighted by atomic mass is 9.92. The molecule has 68 valence electrons. The predicted octanol–water partition coefficient (Wildman–Crippen LogP) is 0.913. The summed E-state index contributed by atoms with van der Waals surface area (Å²) in [7, 11) is 0. The van der Waals surface area contributed by atoms with Crippen LogP contribution in [0.4, 0.5) is 4.79 Å². The Balaban J connectivity index is 2.64. The van der Waals surface area contributed by atoms with Crippen LogP contribution in [0.15, 0.2) is 0 Å². The SMILES string of the molecule is CC(C)C(C)[C@@H]1OC(=O)NC1=O. The van der Waals surface area contributed by atoms with Crippen LogP contribution in [-0.2, 0) is 9.53 Å². The number of carbonyl (C=O) groups is 2. The van der Waals surface area contributed by atoms with E-state index in [1.807, 2.05) is 20.8 Å². The van der Waals surface area contributed by atoms with Gasteiger partial charge in [0.2, 0.25) is 0 Å². The fourth-order valence-electron chi connectivity index (χ4n) is 1.07. The highest BCUT2D eigenvalue weighted by molar-refractivity contribution is 6.00. The summed E-state index contributed by atoms with van der Waals surface area (Å²) in [4.78, 5) is 21.7. The van der Waals surface area contributed by atoms with E-state index in [9.17, 15) is 9.59 Å². The quantitative estimate of drug-likeness (QED) is 0.672. The summed E-state index contributed by atoms with van der Waals surface area (Å²) in [6, 6.07) is 0. The largest absolute Gasteiger partial charge is 0.435 e. The highest BCUT2D eigenvalue weighted by Gasteiger charge is 2.37. The second kappa shape index (κ2) is 3.13. The molecule has 0 aromatic carbocycles. The third kappa shape index (κ3) is 1.57. The fraction of sp³-hybridized carbons (Fsp3) is 0.750. The zero-order valence-electron chi connectivity index (χ0n) is 7.46. The summed E-state index contributed by atoms with van der Waals surface area (Å²) in [6.07, 6.45) is -1.23. The van der Waals surface area contributed by atoms with Crippen molar-refractivity contribution in [3.8, 4) is 0 Å². The lowest BCUT2D eigenvalue weighted by molar-refractivity contribution is -0.125. The molecule has 4 heteroatoms. The van der Waals surface area contributed by atoms with Crippen molar-refractivity contribution in [1.82, 2.24) is 5.32 Å². The molecule has 0 bridgehead atoms. The average molecular weight is 171 g/mol. The molecule has 0 saturated carbocycles. The number of ether oxygens (including phenoxy) is 1. The van der Waals surface area contributed by atoms with Gasteiger partial charge in [-0.15, -0.1) is 0 Å². The van der Waals surface area contributed by atoms with Crippen LogP contribution in [0.25, 0.3) is 0 Å². The summed E-state index contributed by atoms with van der Waals surface area (Å²) in [5, 5.41) is 2.10. The molecule has 0 aliphatic carbocycles. The van der Waals surface area contributed by atoms with Crippen LogP contribution in [0.5, 0.6) is 0 Å². The molecule has 1 N–H and O–H groups in total. The first-order chi connectivity index (χ1) is 5.52. The summed E-state index contributed by atoms with van der Waals surface area (Å²) < 4.78 is 4.80. The second-order valence-electron chi connectivity index (χ2n) is 3.42. The van der Waals surface area contributed by atoms with Crippen molar-refractivity contribution in [1.29, 1.82) is 0 Å². The maximum Gasteiger partial charge on any atom is 0.414 e. The minimum absolute atomic E-state index is 0.0662. The van der Waals surface area contributed by atoms with Crippen molar-refractivity contribution in [3.05, 3.63) is 0 Å². The first kappa shape index (κ1) is 9.03. The van der Waals surface area contributed by atoms with Crippen LogP contribution in [0.2, 0.25) is 0 Å². The molecular formula is C8H13NO3. The van der Waals surface area contributed by atoms with Gasteiger partial charge in [0, 0.05) is 5.92 Å². The van der Waals surface area contributed by atoms with Crippen molar-refractivity contribution in [2.75, 3.05) is 0 Å². The second-order valence-corrected chi connectivity index (χ2v) is 3.42. The van der Waals surface area contributed by atoms with Gasteiger partial charge >= 0.3 is 6.09 Å². The lowest BCUT2D eigenvalue weighted by Gasteiger charge is -2.18. The molecule has 1 rings (SSSR count). The highest BCUT2D eigenvalue weighted by atomic mass is 16.6. The standard InChI is InChI=1S/C8H13NO3/c1-4(2)5(3)6-7(10)9-8(11)12-6/h4-6H,1-3H3,(H,9,10,11)/t5?,6-/m0/s1. The number of imide groups is 1. The van der Waals surface area contributed by atoms with Crippen LogP contribution >= 0.6 is 0 Å². The van der Waals surface area contributed by atoms with Crippen LogP contribution in [0, 0.1) is 11.8 Å².